The van der Waals surface area contributed by atoms with Crippen LogP contribution in [0.2, 0.25) is 0 Å². The zero-order valence-electron chi connectivity index (χ0n) is 11.6. The Kier molecular flexibility index (Phi) is 5.26. The maximum absolute atomic E-state index is 11.7. The SMILES string of the molecule is Cc1cccc(CNCC(=O)NCc2ccccc2)n1. The van der Waals surface area contributed by atoms with Crippen LogP contribution in [0.15, 0.2) is 48.5 Å². The molecule has 2 rings (SSSR count). The third kappa shape index (κ3) is 4.82. The number of hydrogen-bond acceptors (Lipinski definition) is 3. The van der Waals surface area contributed by atoms with Gasteiger partial charge < -0.3 is 10.6 Å². The predicted octanol–water partition coefficient (Wildman–Crippen LogP) is 1.80. The molecular weight excluding hydrogens is 250 g/mol. The average molecular weight is 269 g/mol. The van der Waals surface area contributed by atoms with Crippen LogP contribution in [0.3, 0.4) is 0 Å². The van der Waals surface area contributed by atoms with Crippen molar-refractivity contribution in [3.63, 3.8) is 0 Å². The Balaban J connectivity index is 1.68. The number of aryl methyl sites for hydroxylation is 1. The molecule has 0 atom stereocenters. The standard InChI is InChI=1S/C16H19N3O/c1-13-6-5-9-15(19-13)11-17-12-16(20)18-10-14-7-3-2-4-8-14/h2-9,17H,10-12H2,1H3,(H,18,20). The molecule has 4 nitrogen and oxygen atoms in total. The van der Waals surface area contributed by atoms with Crippen molar-refractivity contribution in [2.45, 2.75) is 20.0 Å². The second-order valence-corrected chi connectivity index (χ2v) is 4.64. The van der Waals surface area contributed by atoms with Crippen LogP contribution in [0.25, 0.3) is 0 Å². The minimum Gasteiger partial charge on any atom is -0.351 e. The lowest BCUT2D eigenvalue weighted by molar-refractivity contribution is -0.120. The number of pyridine rings is 1. The second-order valence-electron chi connectivity index (χ2n) is 4.64. The number of nitrogens with one attached hydrogen (secondary N) is 2. The van der Waals surface area contributed by atoms with Crippen molar-refractivity contribution < 1.29 is 4.79 Å². The molecule has 1 heterocycles. The van der Waals surface area contributed by atoms with E-state index in [-0.39, 0.29) is 5.91 Å². The van der Waals surface area contributed by atoms with Gasteiger partial charge in [-0.2, -0.15) is 0 Å². The van der Waals surface area contributed by atoms with Gasteiger partial charge in [0.1, 0.15) is 0 Å². The van der Waals surface area contributed by atoms with E-state index in [1.54, 1.807) is 0 Å². The van der Waals surface area contributed by atoms with Gasteiger partial charge in [0.25, 0.3) is 0 Å². The lowest BCUT2D eigenvalue weighted by Gasteiger charge is -2.07. The van der Waals surface area contributed by atoms with E-state index in [2.05, 4.69) is 15.6 Å². The summed E-state index contributed by atoms with van der Waals surface area (Å²) in [6.45, 7) is 3.41. The fourth-order valence-corrected chi connectivity index (χ4v) is 1.86. The summed E-state index contributed by atoms with van der Waals surface area (Å²) in [5.41, 5.74) is 3.03. The number of carbonyl (C=O) groups is 1. The lowest BCUT2D eigenvalue weighted by atomic mass is 10.2. The number of benzene rings is 1. The van der Waals surface area contributed by atoms with Crippen LogP contribution < -0.4 is 10.6 Å². The molecule has 0 unspecified atom stereocenters. The molecule has 0 fully saturated rings. The maximum Gasteiger partial charge on any atom is 0.234 e. The van der Waals surface area contributed by atoms with E-state index in [4.69, 9.17) is 0 Å². The maximum atomic E-state index is 11.7. The smallest absolute Gasteiger partial charge is 0.234 e. The lowest BCUT2D eigenvalue weighted by Crippen LogP contribution is -2.33. The first-order chi connectivity index (χ1) is 9.74. The number of hydrogen-bond donors (Lipinski definition) is 2. The Hall–Kier alpha value is -2.20. The summed E-state index contributed by atoms with van der Waals surface area (Å²) in [6.07, 6.45) is 0. The van der Waals surface area contributed by atoms with E-state index in [1.165, 1.54) is 0 Å². The molecule has 2 N–H and O–H groups in total. The fraction of sp³-hybridized carbons (Fsp3) is 0.250. The van der Waals surface area contributed by atoms with E-state index < -0.39 is 0 Å². The first-order valence-corrected chi connectivity index (χ1v) is 6.68. The molecule has 4 heteroatoms. The van der Waals surface area contributed by atoms with Gasteiger partial charge >= 0.3 is 0 Å². The predicted molar refractivity (Wildman–Crippen MR) is 79.0 cm³/mol. The molecule has 1 aromatic heterocycles. The van der Waals surface area contributed by atoms with Crippen LogP contribution in [0.1, 0.15) is 17.0 Å². The van der Waals surface area contributed by atoms with Gasteiger partial charge in [-0.25, -0.2) is 0 Å². The van der Waals surface area contributed by atoms with Crippen molar-refractivity contribution in [3.8, 4) is 0 Å². The van der Waals surface area contributed by atoms with E-state index in [0.29, 0.717) is 19.6 Å². The Bertz CT molecular complexity index is 555. The molecule has 1 aromatic carbocycles. The third-order valence-corrected chi connectivity index (χ3v) is 2.87. The molecule has 0 aliphatic rings. The quantitative estimate of drug-likeness (QED) is 0.840. The molecule has 0 spiro atoms. The van der Waals surface area contributed by atoms with Gasteiger partial charge in [-0.3, -0.25) is 9.78 Å². The third-order valence-electron chi connectivity index (χ3n) is 2.87. The summed E-state index contributed by atoms with van der Waals surface area (Å²) in [5, 5.41) is 5.97. The van der Waals surface area contributed by atoms with Crippen LogP contribution in [0.4, 0.5) is 0 Å². The Labute approximate surface area is 119 Å². The summed E-state index contributed by atoms with van der Waals surface area (Å²) in [4.78, 5) is 16.0. The van der Waals surface area contributed by atoms with Crippen LogP contribution in [-0.2, 0) is 17.9 Å². The highest BCUT2D eigenvalue weighted by Gasteiger charge is 2.01. The number of rotatable bonds is 6. The molecule has 0 aliphatic carbocycles. The van der Waals surface area contributed by atoms with Crippen molar-refractivity contribution in [2.75, 3.05) is 6.54 Å². The van der Waals surface area contributed by atoms with Gasteiger partial charge in [-0.15, -0.1) is 0 Å². The molecule has 0 aliphatic heterocycles. The summed E-state index contributed by atoms with van der Waals surface area (Å²) in [6, 6.07) is 15.7. The normalized spacial score (nSPS) is 10.2. The van der Waals surface area contributed by atoms with Gasteiger partial charge in [0.2, 0.25) is 5.91 Å². The molecule has 0 bridgehead atoms. The number of carbonyl (C=O) groups excluding carboxylic acids is 1. The first-order valence-electron chi connectivity index (χ1n) is 6.68. The summed E-state index contributed by atoms with van der Waals surface area (Å²) >= 11 is 0. The molecule has 0 saturated heterocycles. The van der Waals surface area contributed by atoms with Gasteiger partial charge in [0.15, 0.2) is 0 Å². The van der Waals surface area contributed by atoms with Crippen molar-refractivity contribution in [2.24, 2.45) is 0 Å². The minimum atomic E-state index is -0.0125. The summed E-state index contributed by atoms with van der Waals surface area (Å²) in [5.74, 6) is -0.0125. The van der Waals surface area contributed by atoms with Crippen LogP contribution >= 0.6 is 0 Å². The van der Waals surface area contributed by atoms with E-state index in [9.17, 15) is 4.79 Å². The zero-order chi connectivity index (χ0) is 14.2. The van der Waals surface area contributed by atoms with Crippen LogP contribution in [0.5, 0.6) is 0 Å². The summed E-state index contributed by atoms with van der Waals surface area (Å²) in [7, 11) is 0. The Morgan fingerprint density at radius 3 is 2.60 bits per heavy atom. The van der Waals surface area contributed by atoms with Crippen molar-refractivity contribution in [3.05, 3.63) is 65.5 Å². The van der Waals surface area contributed by atoms with Crippen molar-refractivity contribution in [1.29, 1.82) is 0 Å². The highest BCUT2D eigenvalue weighted by molar-refractivity contribution is 5.77. The van der Waals surface area contributed by atoms with E-state index in [1.807, 2.05) is 55.5 Å². The molecule has 0 saturated carbocycles. The van der Waals surface area contributed by atoms with Crippen molar-refractivity contribution in [1.82, 2.24) is 15.6 Å². The second kappa shape index (κ2) is 7.40. The van der Waals surface area contributed by atoms with Gasteiger partial charge in [-0.05, 0) is 24.6 Å². The number of aromatic nitrogens is 1. The van der Waals surface area contributed by atoms with E-state index >= 15 is 0 Å². The molecule has 20 heavy (non-hydrogen) atoms. The Morgan fingerprint density at radius 2 is 1.85 bits per heavy atom. The fourth-order valence-electron chi connectivity index (χ4n) is 1.86. The van der Waals surface area contributed by atoms with E-state index in [0.717, 1.165) is 17.0 Å². The molecule has 104 valence electrons. The van der Waals surface area contributed by atoms with Gasteiger partial charge in [0.05, 0.1) is 12.2 Å². The monoisotopic (exact) mass is 269 g/mol. The first kappa shape index (κ1) is 14.2. The van der Waals surface area contributed by atoms with Gasteiger partial charge in [-0.1, -0.05) is 36.4 Å². The van der Waals surface area contributed by atoms with Crippen LogP contribution in [-0.4, -0.2) is 17.4 Å². The molecular formula is C16H19N3O. The number of amides is 1. The summed E-state index contributed by atoms with van der Waals surface area (Å²) < 4.78 is 0. The Morgan fingerprint density at radius 1 is 1.05 bits per heavy atom. The molecule has 2 aromatic rings. The molecule has 0 radical (unpaired) electrons. The van der Waals surface area contributed by atoms with Crippen molar-refractivity contribution >= 4 is 5.91 Å². The topological polar surface area (TPSA) is 54.0 Å². The molecule has 1 amide bonds. The highest BCUT2D eigenvalue weighted by atomic mass is 16.1. The average Bonchev–Trinajstić information content (AvgIpc) is 2.46. The number of nitrogens with zero attached hydrogens (tertiary/aromatic N) is 1. The van der Waals surface area contributed by atoms with Crippen LogP contribution in [0, 0.1) is 6.92 Å². The largest absolute Gasteiger partial charge is 0.351 e. The highest BCUT2D eigenvalue weighted by Crippen LogP contribution is 1.98. The minimum absolute atomic E-state index is 0.0125. The van der Waals surface area contributed by atoms with Gasteiger partial charge in [0, 0.05) is 18.8 Å². The zero-order valence-corrected chi connectivity index (χ0v) is 11.6.